The highest BCUT2D eigenvalue weighted by Gasteiger charge is 2.23. The maximum absolute atomic E-state index is 12.6. The molecule has 0 atom stereocenters. The third kappa shape index (κ3) is 5.29. The molecule has 4 rings (SSSR count). The van der Waals surface area contributed by atoms with E-state index in [9.17, 15) is 4.79 Å². The number of hydrogen-bond donors (Lipinski definition) is 1. The van der Waals surface area contributed by atoms with Gasteiger partial charge < -0.3 is 19.4 Å². The molecule has 0 bridgehead atoms. The average molecular weight is 435 g/mol. The van der Waals surface area contributed by atoms with E-state index < -0.39 is 0 Å². The highest BCUT2D eigenvalue weighted by Crippen LogP contribution is 2.25. The number of hydrogen-bond acceptors (Lipinski definition) is 5. The lowest BCUT2D eigenvalue weighted by atomic mass is 10.2. The first kappa shape index (κ1) is 21.9. The Morgan fingerprint density at radius 3 is 2.53 bits per heavy atom. The van der Waals surface area contributed by atoms with E-state index >= 15 is 0 Å². The van der Waals surface area contributed by atoms with Gasteiger partial charge in [-0.15, -0.1) is 0 Å². The van der Waals surface area contributed by atoms with Crippen LogP contribution in [-0.2, 0) is 6.54 Å². The maximum Gasteiger partial charge on any atom is 0.321 e. The molecule has 1 saturated heterocycles. The van der Waals surface area contributed by atoms with Crippen molar-refractivity contribution in [1.82, 2.24) is 14.8 Å². The summed E-state index contributed by atoms with van der Waals surface area (Å²) in [7, 11) is 0. The molecule has 32 heavy (non-hydrogen) atoms. The Labute approximate surface area is 189 Å². The molecule has 1 N–H and O–H groups in total. The Morgan fingerprint density at radius 1 is 1.09 bits per heavy atom. The molecule has 0 spiro atoms. The van der Waals surface area contributed by atoms with Crippen molar-refractivity contribution in [1.29, 1.82) is 0 Å². The van der Waals surface area contributed by atoms with Crippen molar-refractivity contribution in [2.24, 2.45) is 0 Å². The fourth-order valence-corrected chi connectivity index (χ4v) is 3.80. The topological polar surface area (TPSA) is 70.8 Å². The van der Waals surface area contributed by atoms with Crippen LogP contribution in [0.15, 0.2) is 52.9 Å². The molecule has 3 aromatic rings. The molecule has 2 amide bonds. The molecule has 1 aliphatic rings. The smallest absolute Gasteiger partial charge is 0.321 e. The molecule has 2 aromatic carbocycles. The van der Waals surface area contributed by atoms with Crippen molar-refractivity contribution in [2.45, 2.75) is 27.3 Å². The lowest BCUT2D eigenvalue weighted by Crippen LogP contribution is -2.49. The summed E-state index contributed by atoms with van der Waals surface area (Å²) in [6.07, 6.45) is 0. The molecule has 1 fully saturated rings. The molecule has 0 unspecified atom stereocenters. The minimum atomic E-state index is -0.0503. The zero-order valence-corrected chi connectivity index (χ0v) is 18.9. The standard InChI is InChI=1S/C25H30N4O3/c1-4-31-22-10-8-20(9-11-22)24-27-23(19(3)32-24)17-28-12-14-29(15-13-28)25(30)26-21-7-5-6-18(2)16-21/h5-11,16H,4,12-15,17H2,1-3H3,(H,26,30). The van der Waals surface area contributed by atoms with Crippen LogP contribution in [0.2, 0.25) is 0 Å². The average Bonchev–Trinajstić information content (AvgIpc) is 3.15. The Hall–Kier alpha value is -3.32. The van der Waals surface area contributed by atoms with Crippen molar-refractivity contribution >= 4 is 11.7 Å². The van der Waals surface area contributed by atoms with E-state index in [2.05, 4.69) is 10.2 Å². The summed E-state index contributed by atoms with van der Waals surface area (Å²) in [4.78, 5) is 21.5. The van der Waals surface area contributed by atoms with Gasteiger partial charge in [0.05, 0.1) is 12.3 Å². The van der Waals surface area contributed by atoms with Crippen LogP contribution in [0.3, 0.4) is 0 Å². The van der Waals surface area contributed by atoms with Gasteiger partial charge in [-0.2, -0.15) is 0 Å². The first-order valence-electron chi connectivity index (χ1n) is 11.1. The number of ether oxygens (including phenoxy) is 1. The van der Waals surface area contributed by atoms with Gasteiger partial charge in [-0.05, 0) is 62.7 Å². The van der Waals surface area contributed by atoms with Crippen molar-refractivity contribution < 1.29 is 13.9 Å². The molecule has 1 aliphatic heterocycles. The summed E-state index contributed by atoms with van der Waals surface area (Å²) < 4.78 is 11.4. The van der Waals surface area contributed by atoms with Crippen LogP contribution >= 0.6 is 0 Å². The Balaban J connectivity index is 1.32. The van der Waals surface area contributed by atoms with E-state index in [0.29, 0.717) is 32.1 Å². The van der Waals surface area contributed by atoms with Gasteiger partial charge in [-0.3, -0.25) is 4.90 Å². The Kier molecular flexibility index (Phi) is 6.75. The number of piperazine rings is 1. The van der Waals surface area contributed by atoms with Gasteiger partial charge in [0.2, 0.25) is 5.89 Å². The van der Waals surface area contributed by atoms with E-state index in [-0.39, 0.29) is 6.03 Å². The fraction of sp³-hybridized carbons (Fsp3) is 0.360. The number of nitrogens with one attached hydrogen (secondary N) is 1. The number of aromatic nitrogens is 1. The summed E-state index contributed by atoms with van der Waals surface area (Å²) in [5.41, 5.74) is 3.82. The Morgan fingerprint density at radius 2 is 1.84 bits per heavy atom. The van der Waals surface area contributed by atoms with Crippen LogP contribution in [0.5, 0.6) is 5.75 Å². The predicted molar refractivity (Wildman–Crippen MR) is 125 cm³/mol. The number of oxazole rings is 1. The summed E-state index contributed by atoms with van der Waals surface area (Å²) in [5, 5.41) is 2.99. The molecule has 2 heterocycles. The molecule has 7 heteroatoms. The number of urea groups is 1. The number of nitrogens with zero attached hydrogens (tertiary/aromatic N) is 3. The molecule has 1 aromatic heterocycles. The summed E-state index contributed by atoms with van der Waals surface area (Å²) in [6.45, 7) is 10.2. The third-order valence-electron chi connectivity index (χ3n) is 5.61. The number of benzene rings is 2. The van der Waals surface area contributed by atoms with Gasteiger partial charge in [-0.25, -0.2) is 9.78 Å². The monoisotopic (exact) mass is 434 g/mol. The van der Waals surface area contributed by atoms with Gasteiger partial charge in [0.15, 0.2) is 0 Å². The number of carbonyl (C=O) groups excluding carboxylic acids is 1. The summed E-state index contributed by atoms with van der Waals surface area (Å²) in [5.74, 6) is 2.29. The number of anilines is 1. The Bertz CT molecular complexity index is 1050. The zero-order valence-electron chi connectivity index (χ0n) is 18.9. The van der Waals surface area contributed by atoms with Crippen LogP contribution < -0.4 is 10.1 Å². The molecule has 0 saturated carbocycles. The summed E-state index contributed by atoms with van der Waals surface area (Å²) >= 11 is 0. The largest absolute Gasteiger partial charge is 0.494 e. The van der Waals surface area contributed by atoms with Gasteiger partial charge in [-0.1, -0.05) is 12.1 Å². The second kappa shape index (κ2) is 9.87. The van der Waals surface area contributed by atoms with Crippen LogP contribution in [0.4, 0.5) is 10.5 Å². The van der Waals surface area contributed by atoms with Crippen molar-refractivity contribution in [3.8, 4) is 17.2 Å². The first-order valence-corrected chi connectivity index (χ1v) is 11.1. The quantitative estimate of drug-likeness (QED) is 0.609. The van der Waals surface area contributed by atoms with Gasteiger partial charge in [0, 0.05) is 44.0 Å². The highest BCUT2D eigenvalue weighted by atomic mass is 16.5. The van der Waals surface area contributed by atoms with E-state index in [4.69, 9.17) is 14.1 Å². The van der Waals surface area contributed by atoms with Crippen LogP contribution in [0.25, 0.3) is 11.5 Å². The van der Waals surface area contributed by atoms with Gasteiger partial charge >= 0.3 is 6.03 Å². The normalized spacial score (nSPS) is 14.4. The van der Waals surface area contributed by atoms with E-state index in [1.165, 1.54) is 0 Å². The molecule has 168 valence electrons. The minimum Gasteiger partial charge on any atom is -0.494 e. The van der Waals surface area contributed by atoms with Crippen molar-refractivity contribution in [2.75, 3.05) is 38.1 Å². The third-order valence-corrected chi connectivity index (χ3v) is 5.61. The molecule has 0 radical (unpaired) electrons. The number of rotatable bonds is 6. The lowest BCUT2D eigenvalue weighted by Gasteiger charge is -2.34. The number of aryl methyl sites for hydroxylation is 2. The second-order valence-corrected chi connectivity index (χ2v) is 8.04. The van der Waals surface area contributed by atoms with Gasteiger partial charge in [0.25, 0.3) is 0 Å². The maximum atomic E-state index is 12.6. The first-order chi connectivity index (χ1) is 15.5. The SMILES string of the molecule is CCOc1ccc(-c2nc(CN3CCN(C(=O)Nc4cccc(C)c4)CC3)c(C)o2)cc1. The number of carbonyl (C=O) groups is 1. The minimum absolute atomic E-state index is 0.0503. The summed E-state index contributed by atoms with van der Waals surface area (Å²) in [6, 6.07) is 15.6. The lowest BCUT2D eigenvalue weighted by molar-refractivity contribution is 0.141. The molecular formula is C25H30N4O3. The predicted octanol–water partition coefficient (Wildman–Crippen LogP) is 4.71. The zero-order chi connectivity index (χ0) is 22.5. The van der Waals surface area contributed by atoms with Crippen molar-refractivity contribution in [3.63, 3.8) is 0 Å². The molecule has 7 nitrogen and oxygen atoms in total. The fourth-order valence-electron chi connectivity index (χ4n) is 3.80. The highest BCUT2D eigenvalue weighted by molar-refractivity contribution is 5.89. The second-order valence-electron chi connectivity index (χ2n) is 8.04. The number of amides is 2. The molecular weight excluding hydrogens is 404 g/mol. The van der Waals surface area contributed by atoms with Crippen molar-refractivity contribution in [3.05, 3.63) is 65.5 Å². The van der Waals surface area contributed by atoms with Crippen LogP contribution in [-0.4, -0.2) is 53.6 Å². The van der Waals surface area contributed by atoms with Crippen LogP contribution in [0, 0.1) is 13.8 Å². The molecule has 0 aliphatic carbocycles. The van der Waals surface area contributed by atoms with Gasteiger partial charge in [0.1, 0.15) is 11.5 Å². The van der Waals surface area contributed by atoms with E-state index in [0.717, 1.165) is 47.1 Å². The van der Waals surface area contributed by atoms with E-state index in [1.54, 1.807) is 0 Å². The van der Waals surface area contributed by atoms with E-state index in [1.807, 2.05) is 74.2 Å². The van der Waals surface area contributed by atoms with Crippen LogP contribution in [0.1, 0.15) is 23.9 Å².